The second-order valence-corrected chi connectivity index (χ2v) is 7.53. The van der Waals surface area contributed by atoms with Crippen LogP contribution in [0.3, 0.4) is 0 Å². The van der Waals surface area contributed by atoms with Gasteiger partial charge in [-0.25, -0.2) is 9.59 Å². The van der Waals surface area contributed by atoms with Crippen LogP contribution in [0.1, 0.15) is 23.6 Å². The van der Waals surface area contributed by atoms with Gasteiger partial charge in [0.25, 0.3) is 0 Å². The van der Waals surface area contributed by atoms with Gasteiger partial charge in [-0.05, 0) is 48.9 Å². The van der Waals surface area contributed by atoms with E-state index in [9.17, 15) is 14.4 Å². The number of carbonyl (C=O) groups excluding carboxylic acids is 1. The zero-order valence-electron chi connectivity index (χ0n) is 13.9. The van der Waals surface area contributed by atoms with Gasteiger partial charge in [0.1, 0.15) is 5.78 Å². The zero-order valence-corrected chi connectivity index (χ0v) is 17.4. The molecule has 0 atom stereocenters. The molecule has 2 heterocycles. The number of hydrogen-bond donors (Lipinski definition) is 4. The highest BCUT2D eigenvalue weighted by Gasteiger charge is 2.01. The zero-order chi connectivity index (χ0) is 20.1. The Kier molecular flexibility index (Phi) is 12.5. The summed E-state index contributed by atoms with van der Waals surface area (Å²) in [6.45, 7) is 3.06. The number of aliphatic carboxylic acids is 2. The number of thiol groups is 2. The number of Topliss-reactive ketones (excluding diaryl/α,β-unsaturated/α-hetero) is 1. The molecule has 0 saturated heterocycles. The van der Waals surface area contributed by atoms with Gasteiger partial charge in [0, 0.05) is 9.75 Å². The molecule has 140 valence electrons. The summed E-state index contributed by atoms with van der Waals surface area (Å²) >= 11 is 10.5. The van der Waals surface area contributed by atoms with Crippen molar-refractivity contribution in [2.75, 3.05) is 0 Å². The standard InChI is InChI=1S/2C7H6O2S2.C3H6O/c2*8-7(9)6(10)4-5-2-1-3-11-5;1-3(2)4/h2*1-4,10H,(H,8,9);1-2H3/b2*6-4-;. The van der Waals surface area contributed by atoms with Gasteiger partial charge in [-0.2, -0.15) is 0 Å². The van der Waals surface area contributed by atoms with E-state index in [-0.39, 0.29) is 15.6 Å². The molecular formula is C17H18O5S4. The van der Waals surface area contributed by atoms with E-state index in [1.807, 2.05) is 35.0 Å². The lowest BCUT2D eigenvalue weighted by Crippen LogP contribution is -1.92. The maximum atomic E-state index is 10.3. The quantitative estimate of drug-likeness (QED) is 0.413. The van der Waals surface area contributed by atoms with Crippen LogP contribution in [0.4, 0.5) is 0 Å². The van der Waals surface area contributed by atoms with Crippen molar-refractivity contribution in [2.24, 2.45) is 0 Å². The number of thiophene rings is 2. The summed E-state index contributed by atoms with van der Waals surface area (Å²) < 4.78 is 0. The molecule has 2 aromatic rings. The Morgan fingerprint density at radius 2 is 1.15 bits per heavy atom. The molecule has 0 unspecified atom stereocenters. The van der Waals surface area contributed by atoms with Gasteiger partial charge in [0.15, 0.2) is 0 Å². The summed E-state index contributed by atoms with van der Waals surface area (Å²) in [4.78, 5) is 31.9. The third-order valence-corrected chi connectivity index (χ3v) is 4.36. The van der Waals surface area contributed by atoms with Gasteiger partial charge < -0.3 is 15.0 Å². The lowest BCUT2D eigenvalue weighted by atomic mass is 10.4. The van der Waals surface area contributed by atoms with E-state index in [2.05, 4.69) is 25.3 Å². The lowest BCUT2D eigenvalue weighted by molar-refractivity contribution is -0.132. The van der Waals surface area contributed by atoms with Gasteiger partial charge in [-0.1, -0.05) is 12.1 Å². The molecule has 0 aliphatic carbocycles. The number of carboxylic acids is 2. The first-order valence-electron chi connectivity index (χ1n) is 6.95. The highest BCUT2D eigenvalue weighted by atomic mass is 32.1. The van der Waals surface area contributed by atoms with Gasteiger partial charge in [0.2, 0.25) is 0 Å². The lowest BCUT2D eigenvalue weighted by Gasteiger charge is -1.88. The summed E-state index contributed by atoms with van der Waals surface area (Å²) in [5.41, 5.74) is 0. The van der Waals surface area contributed by atoms with Crippen molar-refractivity contribution in [2.45, 2.75) is 13.8 Å². The van der Waals surface area contributed by atoms with Crippen molar-refractivity contribution in [3.63, 3.8) is 0 Å². The average Bonchev–Trinajstić information content (AvgIpc) is 3.20. The van der Waals surface area contributed by atoms with Crippen molar-refractivity contribution in [1.82, 2.24) is 0 Å². The van der Waals surface area contributed by atoms with Crippen LogP contribution in [0.2, 0.25) is 0 Å². The van der Waals surface area contributed by atoms with E-state index in [1.165, 1.54) is 48.7 Å². The summed E-state index contributed by atoms with van der Waals surface area (Å²) in [7, 11) is 0. The van der Waals surface area contributed by atoms with E-state index >= 15 is 0 Å². The fraction of sp³-hybridized carbons (Fsp3) is 0.118. The molecule has 0 spiro atoms. The van der Waals surface area contributed by atoms with Crippen molar-refractivity contribution in [3.05, 3.63) is 54.6 Å². The normalized spacial score (nSPS) is 10.8. The van der Waals surface area contributed by atoms with Crippen LogP contribution in [0.25, 0.3) is 12.2 Å². The molecule has 5 nitrogen and oxygen atoms in total. The summed E-state index contributed by atoms with van der Waals surface area (Å²) in [6, 6.07) is 7.40. The smallest absolute Gasteiger partial charge is 0.341 e. The molecule has 0 radical (unpaired) electrons. The molecule has 0 aliphatic rings. The Bertz CT molecular complexity index is 695. The fourth-order valence-electron chi connectivity index (χ4n) is 1.14. The van der Waals surface area contributed by atoms with Crippen LogP contribution in [0, 0.1) is 0 Å². The third kappa shape index (κ3) is 12.5. The van der Waals surface area contributed by atoms with Crippen LogP contribution in [-0.4, -0.2) is 27.9 Å². The first-order valence-corrected chi connectivity index (χ1v) is 9.61. The summed E-state index contributed by atoms with van der Waals surface area (Å²) in [6.07, 6.45) is 3.05. The molecule has 0 aromatic carbocycles. The third-order valence-electron chi connectivity index (χ3n) is 2.08. The van der Waals surface area contributed by atoms with E-state index in [4.69, 9.17) is 10.2 Å². The number of ketones is 1. The van der Waals surface area contributed by atoms with Gasteiger partial charge in [-0.15, -0.1) is 47.9 Å². The first kappa shape index (κ1) is 24.2. The summed E-state index contributed by atoms with van der Waals surface area (Å²) in [5.74, 6) is -1.83. The Balaban J connectivity index is 0.000000401. The van der Waals surface area contributed by atoms with Crippen LogP contribution < -0.4 is 0 Å². The molecule has 2 rings (SSSR count). The maximum absolute atomic E-state index is 10.3. The molecule has 0 fully saturated rings. The predicted octanol–water partition coefficient (Wildman–Crippen LogP) is 4.80. The van der Waals surface area contributed by atoms with Crippen LogP contribution in [-0.2, 0) is 14.4 Å². The number of carbonyl (C=O) groups is 3. The van der Waals surface area contributed by atoms with E-state index in [0.29, 0.717) is 0 Å². The SMILES string of the molecule is CC(C)=O.O=C(O)/C(S)=C/c1cccs1.O=C(O)/C(S)=C/c1cccs1. The van der Waals surface area contributed by atoms with Gasteiger partial charge in [0.05, 0.1) is 9.81 Å². The highest BCUT2D eigenvalue weighted by molar-refractivity contribution is 7.86. The number of hydrogen-bond acceptors (Lipinski definition) is 7. The van der Waals surface area contributed by atoms with E-state index in [0.717, 1.165) is 9.75 Å². The molecule has 0 aliphatic heterocycles. The number of carboxylic acid groups (broad SMARTS) is 2. The van der Waals surface area contributed by atoms with E-state index < -0.39 is 11.9 Å². The molecule has 0 saturated carbocycles. The number of rotatable bonds is 4. The van der Waals surface area contributed by atoms with Crippen molar-refractivity contribution in [1.29, 1.82) is 0 Å². The monoisotopic (exact) mass is 430 g/mol. The Labute approximate surface area is 170 Å². The molecule has 0 bridgehead atoms. The Hall–Kier alpha value is -1.81. The second-order valence-electron chi connectivity index (χ2n) is 4.61. The molecule has 2 aromatic heterocycles. The first-order chi connectivity index (χ1) is 12.1. The second kappa shape index (κ2) is 13.4. The molecule has 9 heteroatoms. The summed E-state index contributed by atoms with van der Waals surface area (Å²) in [5, 5.41) is 20.6. The topological polar surface area (TPSA) is 91.7 Å². The van der Waals surface area contributed by atoms with Crippen molar-refractivity contribution >= 4 is 77.8 Å². The largest absolute Gasteiger partial charge is 0.477 e. The maximum Gasteiger partial charge on any atom is 0.341 e. The van der Waals surface area contributed by atoms with Crippen molar-refractivity contribution < 1.29 is 24.6 Å². The Morgan fingerprint density at radius 1 is 0.846 bits per heavy atom. The molecular weight excluding hydrogens is 412 g/mol. The minimum absolute atomic E-state index is 0.0625. The average molecular weight is 431 g/mol. The van der Waals surface area contributed by atoms with E-state index in [1.54, 1.807) is 0 Å². The van der Waals surface area contributed by atoms with Crippen LogP contribution in [0.5, 0.6) is 0 Å². The van der Waals surface area contributed by atoms with Crippen LogP contribution in [0.15, 0.2) is 44.8 Å². The van der Waals surface area contributed by atoms with Crippen molar-refractivity contribution in [3.8, 4) is 0 Å². The molecule has 2 N–H and O–H groups in total. The Morgan fingerprint density at radius 3 is 1.35 bits per heavy atom. The highest BCUT2D eigenvalue weighted by Crippen LogP contribution is 2.15. The fourth-order valence-corrected chi connectivity index (χ4v) is 2.91. The van der Waals surface area contributed by atoms with Gasteiger partial charge in [-0.3, -0.25) is 0 Å². The van der Waals surface area contributed by atoms with Crippen LogP contribution >= 0.6 is 47.9 Å². The predicted molar refractivity (Wildman–Crippen MR) is 114 cm³/mol. The molecule has 0 amide bonds. The van der Waals surface area contributed by atoms with Gasteiger partial charge >= 0.3 is 11.9 Å². The minimum Gasteiger partial charge on any atom is -0.477 e. The molecule has 26 heavy (non-hydrogen) atoms. The minimum atomic E-state index is -0.998.